The lowest BCUT2D eigenvalue weighted by atomic mass is 10.2. The Balaban J connectivity index is 1.80. The molecule has 2 aromatic rings. The Kier molecular flexibility index (Phi) is 6.40. The van der Waals surface area contributed by atoms with Gasteiger partial charge in [-0.15, -0.1) is 0 Å². The highest BCUT2D eigenvalue weighted by atomic mass is 35.5. The molecule has 124 valence electrons. The number of hydrogen-bond acceptors (Lipinski definition) is 4. The zero-order chi connectivity index (χ0) is 17.4. The zero-order valence-electron chi connectivity index (χ0n) is 13.0. The Bertz CT molecular complexity index is 741. The Morgan fingerprint density at radius 3 is 2.50 bits per heavy atom. The van der Waals surface area contributed by atoms with Gasteiger partial charge in [-0.05, 0) is 42.0 Å². The van der Waals surface area contributed by atoms with E-state index in [2.05, 4.69) is 5.32 Å². The maximum absolute atomic E-state index is 11.7. The van der Waals surface area contributed by atoms with Crippen LogP contribution in [-0.2, 0) is 14.3 Å². The van der Waals surface area contributed by atoms with Crippen LogP contribution in [0.15, 0.2) is 54.6 Å². The summed E-state index contributed by atoms with van der Waals surface area (Å²) in [6.07, 6.45) is 2.76. The number of hydrogen-bond donors (Lipinski definition) is 1. The van der Waals surface area contributed by atoms with Crippen LogP contribution in [0.25, 0.3) is 6.08 Å². The second-order valence-electron chi connectivity index (χ2n) is 4.74. The van der Waals surface area contributed by atoms with E-state index in [0.29, 0.717) is 22.0 Å². The normalized spacial score (nSPS) is 10.4. The maximum Gasteiger partial charge on any atom is 0.331 e. The molecule has 0 saturated heterocycles. The van der Waals surface area contributed by atoms with Crippen molar-refractivity contribution in [1.29, 1.82) is 0 Å². The van der Waals surface area contributed by atoms with Gasteiger partial charge in [0.25, 0.3) is 5.91 Å². The highest BCUT2D eigenvalue weighted by Crippen LogP contribution is 2.16. The molecule has 0 bridgehead atoms. The van der Waals surface area contributed by atoms with Crippen molar-refractivity contribution in [2.24, 2.45) is 0 Å². The first-order chi connectivity index (χ1) is 11.6. The van der Waals surface area contributed by atoms with Crippen molar-refractivity contribution in [3.05, 3.63) is 65.2 Å². The molecule has 0 atom stereocenters. The summed E-state index contributed by atoms with van der Waals surface area (Å²) in [6, 6.07) is 13.9. The number of anilines is 1. The molecule has 6 heteroatoms. The Morgan fingerprint density at radius 2 is 1.83 bits per heavy atom. The van der Waals surface area contributed by atoms with Crippen LogP contribution in [0.3, 0.4) is 0 Å². The lowest BCUT2D eigenvalue weighted by molar-refractivity contribution is -0.142. The molecule has 0 aliphatic carbocycles. The fourth-order valence-electron chi connectivity index (χ4n) is 1.82. The van der Waals surface area contributed by atoms with Gasteiger partial charge in [0.05, 0.1) is 7.11 Å². The fraction of sp³-hybridized carbons (Fsp3) is 0.111. The summed E-state index contributed by atoms with van der Waals surface area (Å²) in [4.78, 5) is 23.4. The maximum atomic E-state index is 11.7. The van der Waals surface area contributed by atoms with E-state index in [1.54, 1.807) is 55.6 Å². The lowest BCUT2D eigenvalue weighted by Crippen LogP contribution is -2.20. The number of ether oxygens (including phenoxy) is 2. The number of benzene rings is 2. The average Bonchev–Trinajstić information content (AvgIpc) is 2.60. The van der Waals surface area contributed by atoms with Crippen LogP contribution in [0.1, 0.15) is 5.56 Å². The third-order valence-corrected chi connectivity index (χ3v) is 3.37. The SMILES string of the molecule is COc1ccc(NC(=O)COC(=O)/C=C/c2ccccc2Cl)cc1. The minimum Gasteiger partial charge on any atom is -0.497 e. The van der Waals surface area contributed by atoms with E-state index >= 15 is 0 Å². The molecule has 0 fully saturated rings. The predicted octanol–water partition coefficient (Wildman–Crippen LogP) is 3.54. The molecule has 5 nitrogen and oxygen atoms in total. The van der Waals surface area contributed by atoms with E-state index < -0.39 is 11.9 Å². The smallest absolute Gasteiger partial charge is 0.331 e. The second kappa shape index (κ2) is 8.74. The highest BCUT2D eigenvalue weighted by Gasteiger charge is 2.06. The van der Waals surface area contributed by atoms with Crippen LogP contribution in [0.2, 0.25) is 5.02 Å². The first-order valence-corrected chi connectivity index (χ1v) is 7.49. The minimum absolute atomic E-state index is 0.377. The van der Waals surface area contributed by atoms with Crippen molar-refractivity contribution in [3.63, 3.8) is 0 Å². The number of carbonyl (C=O) groups excluding carboxylic acids is 2. The summed E-state index contributed by atoms with van der Waals surface area (Å²) in [5.74, 6) is -0.372. The van der Waals surface area contributed by atoms with Crippen molar-refractivity contribution in [2.75, 3.05) is 19.0 Å². The lowest BCUT2D eigenvalue weighted by Gasteiger charge is -2.06. The van der Waals surface area contributed by atoms with E-state index in [1.807, 2.05) is 0 Å². The summed E-state index contributed by atoms with van der Waals surface area (Å²) in [6.45, 7) is -0.377. The molecule has 24 heavy (non-hydrogen) atoms. The molecule has 1 amide bonds. The zero-order valence-corrected chi connectivity index (χ0v) is 13.7. The molecule has 1 N–H and O–H groups in total. The van der Waals surface area contributed by atoms with Crippen molar-refractivity contribution < 1.29 is 19.1 Å². The van der Waals surface area contributed by atoms with E-state index in [1.165, 1.54) is 12.2 Å². The largest absolute Gasteiger partial charge is 0.497 e. The van der Waals surface area contributed by atoms with Crippen molar-refractivity contribution >= 4 is 35.2 Å². The molecule has 0 aromatic heterocycles. The monoisotopic (exact) mass is 345 g/mol. The predicted molar refractivity (Wildman–Crippen MR) is 93.1 cm³/mol. The van der Waals surface area contributed by atoms with Gasteiger partial charge in [-0.3, -0.25) is 4.79 Å². The molecule has 0 saturated carbocycles. The topological polar surface area (TPSA) is 64.6 Å². The summed E-state index contributed by atoms with van der Waals surface area (Å²) in [7, 11) is 1.56. The van der Waals surface area contributed by atoms with Gasteiger partial charge in [0.15, 0.2) is 6.61 Å². The number of halogens is 1. The molecule has 0 heterocycles. The van der Waals surface area contributed by atoms with Crippen LogP contribution >= 0.6 is 11.6 Å². The van der Waals surface area contributed by atoms with Gasteiger partial charge in [-0.25, -0.2) is 4.79 Å². The standard InChI is InChI=1S/C18H16ClNO4/c1-23-15-9-7-14(8-10-15)20-17(21)12-24-18(22)11-6-13-4-2-3-5-16(13)19/h2-11H,12H2,1H3,(H,20,21)/b11-6+. The first kappa shape index (κ1) is 17.6. The summed E-state index contributed by atoms with van der Waals surface area (Å²) >= 11 is 5.97. The van der Waals surface area contributed by atoms with Gasteiger partial charge < -0.3 is 14.8 Å². The van der Waals surface area contributed by atoms with E-state index in [4.69, 9.17) is 21.1 Å². The van der Waals surface area contributed by atoms with Crippen LogP contribution in [-0.4, -0.2) is 25.6 Å². The summed E-state index contributed by atoms with van der Waals surface area (Å²) < 4.78 is 9.90. The van der Waals surface area contributed by atoms with E-state index in [0.717, 1.165) is 0 Å². The molecule has 0 radical (unpaired) electrons. The third kappa shape index (κ3) is 5.44. The van der Waals surface area contributed by atoms with Crippen LogP contribution in [0, 0.1) is 0 Å². The molecule has 0 aliphatic heterocycles. The van der Waals surface area contributed by atoms with Crippen molar-refractivity contribution in [3.8, 4) is 5.75 Å². The number of esters is 1. The van der Waals surface area contributed by atoms with Crippen LogP contribution < -0.4 is 10.1 Å². The average molecular weight is 346 g/mol. The molecule has 0 aliphatic rings. The van der Waals surface area contributed by atoms with Gasteiger partial charge in [0.2, 0.25) is 0 Å². The Labute approximate surface area is 144 Å². The van der Waals surface area contributed by atoms with Gasteiger partial charge in [0, 0.05) is 16.8 Å². The highest BCUT2D eigenvalue weighted by molar-refractivity contribution is 6.32. The molecule has 0 spiro atoms. The quantitative estimate of drug-likeness (QED) is 0.642. The minimum atomic E-state index is -0.625. The third-order valence-electron chi connectivity index (χ3n) is 3.02. The summed E-state index contributed by atoms with van der Waals surface area (Å²) in [5, 5.41) is 3.14. The van der Waals surface area contributed by atoms with Gasteiger partial charge in [-0.1, -0.05) is 29.8 Å². The Hall–Kier alpha value is -2.79. The van der Waals surface area contributed by atoms with Gasteiger partial charge in [-0.2, -0.15) is 0 Å². The van der Waals surface area contributed by atoms with Crippen molar-refractivity contribution in [1.82, 2.24) is 0 Å². The van der Waals surface area contributed by atoms with Crippen molar-refractivity contribution in [2.45, 2.75) is 0 Å². The summed E-state index contributed by atoms with van der Waals surface area (Å²) in [5.41, 5.74) is 1.28. The molecular weight excluding hydrogens is 330 g/mol. The molecular formula is C18H16ClNO4. The number of nitrogens with one attached hydrogen (secondary N) is 1. The molecule has 0 unspecified atom stereocenters. The number of amides is 1. The number of methoxy groups -OCH3 is 1. The van der Waals surface area contributed by atoms with Crippen LogP contribution in [0.4, 0.5) is 5.69 Å². The fourth-order valence-corrected chi connectivity index (χ4v) is 2.02. The van der Waals surface area contributed by atoms with Gasteiger partial charge >= 0.3 is 5.97 Å². The van der Waals surface area contributed by atoms with E-state index in [9.17, 15) is 9.59 Å². The van der Waals surface area contributed by atoms with Gasteiger partial charge in [0.1, 0.15) is 5.75 Å². The number of rotatable bonds is 6. The Morgan fingerprint density at radius 1 is 1.12 bits per heavy atom. The van der Waals surface area contributed by atoms with Crippen LogP contribution in [0.5, 0.6) is 5.75 Å². The van der Waals surface area contributed by atoms with E-state index in [-0.39, 0.29) is 6.61 Å². The first-order valence-electron chi connectivity index (χ1n) is 7.12. The molecule has 2 aromatic carbocycles. The second-order valence-corrected chi connectivity index (χ2v) is 5.15. The number of carbonyl (C=O) groups is 2. The molecule has 2 rings (SSSR count).